The predicted molar refractivity (Wildman–Crippen MR) is 162 cm³/mol. The van der Waals surface area contributed by atoms with E-state index in [9.17, 15) is 0 Å². The molecule has 0 saturated heterocycles. The second-order valence-electron chi connectivity index (χ2n) is 9.95. The van der Waals surface area contributed by atoms with Crippen LogP contribution in [0.2, 0.25) is 0 Å². The maximum atomic E-state index is 2.40. The molecule has 0 unspecified atom stereocenters. The molecule has 0 atom stereocenters. The van der Waals surface area contributed by atoms with Crippen LogP contribution < -0.4 is 0 Å². The molecule has 7 rings (SSSR count). The van der Waals surface area contributed by atoms with Gasteiger partial charge >= 0.3 is 0 Å². The molecule has 0 amide bonds. The highest BCUT2D eigenvalue weighted by molar-refractivity contribution is 6.10. The first-order chi connectivity index (χ1) is 18.7. The summed E-state index contributed by atoms with van der Waals surface area (Å²) in [6.45, 7) is 2.17. The molecule has 1 aromatic heterocycles. The highest BCUT2D eigenvalue weighted by atomic mass is 15.0. The average Bonchev–Trinajstić information content (AvgIpc) is 3.31. The minimum Gasteiger partial charge on any atom is -0.309 e. The Morgan fingerprint density at radius 3 is 1.55 bits per heavy atom. The highest BCUT2D eigenvalue weighted by Crippen LogP contribution is 2.37. The molecule has 7 aromatic rings. The van der Waals surface area contributed by atoms with Crippen LogP contribution in [-0.4, -0.2) is 4.57 Å². The standard InChI is InChI=1S/C37H27N/c1-26-18-20-36-34(22-26)35-25-32(30-15-8-14-29(23-30)27-10-4-2-5-11-27)19-21-37(35)38(36)33-17-9-16-31(24-33)28-12-6-3-7-13-28/h2-25H,1H3. The Labute approximate surface area is 223 Å². The van der Waals surface area contributed by atoms with Gasteiger partial charge in [0.2, 0.25) is 0 Å². The molecule has 6 aromatic carbocycles. The van der Waals surface area contributed by atoms with Crippen molar-refractivity contribution >= 4 is 21.8 Å². The second-order valence-corrected chi connectivity index (χ2v) is 9.95. The van der Waals surface area contributed by atoms with Gasteiger partial charge in [-0.05, 0) is 82.8 Å². The molecule has 0 N–H and O–H groups in total. The van der Waals surface area contributed by atoms with Crippen LogP contribution in [0.15, 0.2) is 146 Å². The number of rotatable bonds is 4. The summed E-state index contributed by atoms with van der Waals surface area (Å²) in [5.41, 5.74) is 12.3. The molecular weight excluding hydrogens is 458 g/mol. The van der Waals surface area contributed by atoms with Crippen molar-refractivity contribution in [2.24, 2.45) is 0 Å². The molecule has 0 aliphatic rings. The summed E-state index contributed by atoms with van der Waals surface area (Å²) in [6.07, 6.45) is 0. The topological polar surface area (TPSA) is 4.93 Å². The van der Waals surface area contributed by atoms with E-state index in [0.717, 1.165) is 0 Å². The number of nitrogens with zero attached hydrogens (tertiary/aromatic N) is 1. The van der Waals surface area contributed by atoms with Crippen LogP contribution in [0.4, 0.5) is 0 Å². The minimum absolute atomic E-state index is 1.18. The summed E-state index contributed by atoms with van der Waals surface area (Å²) in [7, 11) is 0. The van der Waals surface area contributed by atoms with E-state index >= 15 is 0 Å². The monoisotopic (exact) mass is 485 g/mol. The lowest BCUT2D eigenvalue weighted by atomic mass is 9.98. The maximum Gasteiger partial charge on any atom is 0.0541 e. The molecule has 0 radical (unpaired) electrons. The van der Waals surface area contributed by atoms with E-state index in [4.69, 9.17) is 0 Å². The summed E-state index contributed by atoms with van der Waals surface area (Å²) in [6, 6.07) is 52.6. The third kappa shape index (κ3) is 3.90. The van der Waals surface area contributed by atoms with Gasteiger partial charge in [0.15, 0.2) is 0 Å². The molecule has 0 saturated carbocycles. The number of hydrogen-bond donors (Lipinski definition) is 0. The lowest BCUT2D eigenvalue weighted by molar-refractivity contribution is 1.18. The Balaban J connectivity index is 1.41. The number of aryl methyl sites for hydroxylation is 1. The second kappa shape index (κ2) is 9.21. The van der Waals surface area contributed by atoms with Crippen molar-refractivity contribution in [2.45, 2.75) is 6.92 Å². The molecule has 180 valence electrons. The zero-order valence-corrected chi connectivity index (χ0v) is 21.3. The molecular formula is C37H27N. The molecule has 0 bridgehead atoms. The summed E-state index contributed by atoms with van der Waals surface area (Å²) in [5.74, 6) is 0. The van der Waals surface area contributed by atoms with Gasteiger partial charge in [0.05, 0.1) is 11.0 Å². The molecule has 1 nitrogen and oxygen atoms in total. The summed E-state index contributed by atoms with van der Waals surface area (Å²) < 4.78 is 2.40. The Bertz CT molecular complexity index is 1910. The lowest BCUT2D eigenvalue weighted by Crippen LogP contribution is -1.94. The number of hydrogen-bond acceptors (Lipinski definition) is 0. The molecule has 38 heavy (non-hydrogen) atoms. The largest absolute Gasteiger partial charge is 0.309 e. The Hall–Kier alpha value is -4.88. The van der Waals surface area contributed by atoms with Crippen molar-refractivity contribution < 1.29 is 0 Å². The van der Waals surface area contributed by atoms with Gasteiger partial charge in [0.25, 0.3) is 0 Å². The van der Waals surface area contributed by atoms with Crippen LogP contribution in [0.1, 0.15) is 5.56 Å². The van der Waals surface area contributed by atoms with Crippen LogP contribution in [-0.2, 0) is 0 Å². The molecule has 0 aliphatic carbocycles. The fourth-order valence-electron chi connectivity index (χ4n) is 5.56. The average molecular weight is 486 g/mol. The fourth-order valence-corrected chi connectivity index (χ4v) is 5.56. The van der Waals surface area contributed by atoms with Crippen molar-refractivity contribution in [1.29, 1.82) is 0 Å². The Kier molecular flexibility index (Phi) is 5.41. The zero-order chi connectivity index (χ0) is 25.5. The fraction of sp³-hybridized carbons (Fsp3) is 0.0270. The lowest BCUT2D eigenvalue weighted by Gasteiger charge is -2.11. The summed E-state index contributed by atoms with van der Waals surface area (Å²) >= 11 is 0. The van der Waals surface area contributed by atoms with Gasteiger partial charge in [-0.2, -0.15) is 0 Å². The minimum atomic E-state index is 1.18. The van der Waals surface area contributed by atoms with E-state index in [1.54, 1.807) is 0 Å². The van der Waals surface area contributed by atoms with Gasteiger partial charge in [0.1, 0.15) is 0 Å². The van der Waals surface area contributed by atoms with Crippen molar-refractivity contribution in [2.75, 3.05) is 0 Å². The number of benzene rings is 6. The smallest absolute Gasteiger partial charge is 0.0541 e. The molecule has 0 fully saturated rings. The van der Waals surface area contributed by atoms with Crippen LogP contribution in [0, 0.1) is 6.92 Å². The first-order valence-electron chi connectivity index (χ1n) is 13.1. The molecule has 0 spiro atoms. The van der Waals surface area contributed by atoms with E-state index in [-0.39, 0.29) is 0 Å². The maximum absolute atomic E-state index is 2.40. The van der Waals surface area contributed by atoms with E-state index in [1.807, 2.05) is 0 Å². The number of fused-ring (bicyclic) bond motifs is 3. The van der Waals surface area contributed by atoms with Crippen LogP contribution in [0.3, 0.4) is 0 Å². The van der Waals surface area contributed by atoms with E-state index in [0.29, 0.717) is 0 Å². The van der Waals surface area contributed by atoms with Crippen molar-refractivity contribution in [3.8, 4) is 39.1 Å². The van der Waals surface area contributed by atoms with Crippen LogP contribution >= 0.6 is 0 Å². The van der Waals surface area contributed by atoms with Crippen LogP contribution in [0.25, 0.3) is 60.9 Å². The molecule has 1 heterocycles. The highest BCUT2D eigenvalue weighted by Gasteiger charge is 2.14. The predicted octanol–water partition coefficient (Wildman–Crippen LogP) is 10.1. The van der Waals surface area contributed by atoms with Crippen molar-refractivity contribution in [3.05, 3.63) is 151 Å². The van der Waals surface area contributed by atoms with E-state index in [1.165, 1.54) is 66.4 Å². The first-order valence-corrected chi connectivity index (χ1v) is 13.1. The molecule has 0 aliphatic heterocycles. The third-order valence-corrected chi connectivity index (χ3v) is 7.44. The van der Waals surface area contributed by atoms with Crippen molar-refractivity contribution in [3.63, 3.8) is 0 Å². The Morgan fingerprint density at radius 1 is 0.368 bits per heavy atom. The number of aromatic nitrogens is 1. The van der Waals surface area contributed by atoms with Gasteiger partial charge in [-0.1, -0.05) is 109 Å². The van der Waals surface area contributed by atoms with Gasteiger partial charge in [-0.3, -0.25) is 0 Å². The third-order valence-electron chi connectivity index (χ3n) is 7.44. The van der Waals surface area contributed by atoms with Gasteiger partial charge in [-0.25, -0.2) is 0 Å². The summed E-state index contributed by atoms with van der Waals surface area (Å²) in [4.78, 5) is 0. The van der Waals surface area contributed by atoms with E-state index < -0.39 is 0 Å². The Morgan fingerprint density at radius 2 is 0.868 bits per heavy atom. The van der Waals surface area contributed by atoms with E-state index in [2.05, 4.69) is 157 Å². The molecule has 1 heteroatoms. The first kappa shape index (κ1) is 22.3. The van der Waals surface area contributed by atoms with Crippen molar-refractivity contribution in [1.82, 2.24) is 4.57 Å². The van der Waals surface area contributed by atoms with Gasteiger partial charge in [-0.15, -0.1) is 0 Å². The van der Waals surface area contributed by atoms with Crippen LogP contribution in [0.5, 0.6) is 0 Å². The van der Waals surface area contributed by atoms with Gasteiger partial charge < -0.3 is 4.57 Å². The van der Waals surface area contributed by atoms with Gasteiger partial charge in [0, 0.05) is 16.5 Å². The zero-order valence-electron chi connectivity index (χ0n) is 21.3. The normalized spacial score (nSPS) is 11.3. The summed E-state index contributed by atoms with van der Waals surface area (Å²) in [5, 5.41) is 2.56. The quantitative estimate of drug-likeness (QED) is 0.234. The SMILES string of the molecule is Cc1ccc2c(c1)c1cc(-c3cccc(-c4ccccc4)c3)ccc1n2-c1cccc(-c2ccccc2)c1.